The number of carbonyl (C=O) groups is 1. The molecule has 2 rings (SSSR count). The van der Waals surface area contributed by atoms with E-state index in [2.05, 4.69) is 20.8 Å². The van der Waals surface area contributed by atoms with E-state index in [9.17, 15) is 9.90 Å². The van der Waals surface area contributed by atoms with Crippen molar-refractivity contribution in [3.63, 3.8) is 0 Å². The second-order valence-electron chi connectivity index (χ2n) is 6.61. The van der Waals surface area contributed by atoms with Crippen LogP contribution in [0.3, 0.4) is 0 Å². The normalized spacial score (nSPS) is 27.4. The average Bonchev–Trinajstić information content (AvgIpc) is 2.47. The molecule has 1 aromatic carbocycles. The Kier molecular flexibility index (Phi) is 5.40. The highest BCUT2D eigenvalue weighted by Gasteiger charge is 2.34. The van der Waals surface area contributed by atoms with Crippen molar-refractivity contribution in [2.45, 2.75) is 52.2 Å². The first-order chi connectivity index (χ1) is 9.99. The highest BCUT2D eigenvalue weighted by molar-refractivity contribution is 5.76. The third-order valence-corrected chi connectivity index (χ3v) is 4.57. The lowest BCUT2D eigenvalue weighted by Gasteiger charge is -2.37. The number of hydrogen-bond acceptors (Lipinski definition) is 3. The lowest BCUT2D eigenvalue weighted by molar-refractivity contribution is -0.166. The van der Waals surface area contributed by atoms with Gasteiger partial charge in [0.15, 0.2) is 6.10 Å². The first kappa shape index (κ1) is 16.0. The summed E-state index contributed by atoms with van der Waals surface area (Å²) in [6, 6.07) is 8.97. The minimum Gasteiger partial charge on any atom is -0.460 e. The Labute approximate surface area is 127 Å². The summed E-state index contributed by atoms with van der Waals surface area (Å²) in [6.07, 6.45) is 1.93. The fourth-order valence-electron chi connectivity index (χ4n) is 3.24. The quantitative estimate of drug-likeness (QED) is 0.860. The number of ether oxygens (including phenoxy) is 1. The van der Waals surface area contributed by atoms with E-state index in [4.69, 9.17) is 4.74 Å². The molecule has 0 radical (unpaired) electrons. The Balaban J connectivity index is 2.02. The van der Waals surface area contributed by atoms with Gasteiger partial charge in [-0.15, -0.1) is 0 Å². The van der Waals surface area contributed by atoms with Crippen LogP contribution < -0.4 is 0 Å². The standard InChI is InChI=1S/C18H26O3/c1-12(2)15-10-9-13(3)11-16(15)21-18(20)17(19)14-7-5-4-6-8-14/h4-8,12-13,15-17,19H,9-11H2,1-3H3/t13-,15+,16-,17+/m0/s1. The maximum atomic E-state index is 12.2. The van der Waals surface area contributed by atoms with E-state index < -0.39 is 12.1 Å². The molecule has 0 saturated heterocycles. The van der Waals surface area contributed by atoms with Gasteiger partial charge in [0.05, 0.1) is 0 Å². The number of aliphatic hydroxyl groups is 1. The van der Waals surface area contributed by atoms with E-state index in [-0.39, 0.29) is 6.10 Å². The summed E-state index contributed by atoms with van der Waals surface area (Å²) >= 11 is 0. The third-order valence-electron chi connectivity index (χ3n) is 4.57. The van der Waals surface area contributed by atoms with Crippen LogP contribution in [0.4, 0.5) is 0 Å². The van der Waals surface area contributed by atoms with E-state index in [1.54, 1.807) is 12.1 Å². The summed E-state index contributed by atoms with van der Waals surface area (Å²) < 4.78 is 5.66. The van der Waals surface area contributed by atoms with Crippen LogP contribution in [-0.4, -0.2) is 17.2 Å². The average molecular weight is 290 g/mol. The molecule has 0 amide bonds. The molecule has 0 aliphatic heterocycles. The molecule has 21 heavy (non-hydrogen) atoms. The van der Waals surface area contributed by atoms with Crippen molar-refractivity contribution in [1.82, 2.24) is 0 Å². The number of aliphatic hydroxyl groups excluding tert-OH is 1. The van der Waals surface area contributed by atoms with Gasteiger partial charge in [-0.2, -0.15) is 0 Å². The molecular formula is C18H26O3. The molecule has 1 N–H and O–H groups in total. The number of benzene rings is 1. The summed E-state index contributed by atoms with van der Waals surface area (Å²) in [6.45, 7) is 6.55. The van der Waals surface area contributed by atoms with Gasteiger partial charge >= 0.3 is 5.97 Å². The Bertz CT molecular complexity index is 455. The van der Waals surface area contributed by atoms with Crippen LogP contribution in [0.1, 0.15) is 51.7 Å². The third kappa shape index (κ3) is 4.07. The van der Waals surface area contributed by atoms with Crippen molar-refractivity contribution in [2.75, 3.05) is 0 Å². The Morgan fingerprint density at radius 3 is 2.52 bits per heavy atom. The molecule has 3 heteroatoms. The molecule has 1 aliphatic carbocycles. The number of hydrogen-bond donors (Lipinski definition) is 1. The first-order valence-corrected chi connectivity index (χ1v) is 7.92. The van der Waals surface area contributed by atoms with Crippen LogP contribution in [0.15, 0.2) is 30.3 Å². The lowest BCUT2D eigenvalue weighted by Crippen LogP contribution is -2.37. The molecule has 1 saturated carbocycles. The number of rotatable bonds is 4. The summed E-state index contributed by atoms with van der Waals surface area (Å²) in [7, 11) is 0. The first-order valence-electron chi connectivity index (χ1n) is 7.92. The van der Waals surface area contributed by atoms with E-state index in [0.29, 0.717) is 23.3 Å². The van der Waals surface area contributed by atoms with Crippen molar-refractivity contribution in [2.24, 2.45) is 17.8 Å². The Morgan fingerprint density at radius 1 is 1.24 bits per heavy atom. The molecule has 116 valence electrons. The van der Waals surface area contributed by atoms with Gasteiger partial charge in [0, 0.05) is 0 Å². The van der Waals surface area contributed by atoms with Crippen LogP contribution in [0.25, 0.3) is 0 Å². The van der Waals surface area contributed by atoms with Crippen LogP contribution in [0.2, 0.25) is 0 Å². The molecule has 0 bridgehead atoms. The summed E-state index contributed by atoms with van der Waals surface area (Å²) in [5.74, 6) is 0.940. The van der Waals surface area contributed by atoms with Crippen molar-refractivity contribution in [3.05, 3.63) is 35.9 Å². The second kappa shape index (κ2) is 7.08. The zero-order valence-electron chi connectivity index (χ0n) is 13.2. The van der Waals surface area contributed by atoms with E-state index in [1.807, 2.05) is 18.2 Å². The fraction of sp³-hybridized carbons (Fsp3) is 0.611. The van der Waals surface area contributed by atoms with Gasteiger partial charge in [-0.3, -0.25) is 0 Å². The highest BCUT2D eigenvalue weighted by atomic mass is 16.6. The van der Waals surface area contributed by atoms with Crippen molar-refractivity contribution < 1.29 is 14.6 Å². The van der Waals surface area contributed by atoms with Crippen LogP contribution >= 0.6 is 0 Å². The fourth-order valence-corrected chi connectivity index (χ4v) is 3.24. The predicted molar refractivity (Wildman–Crippen MR) is 82.6 cm³/mol. The van der Waals surface area contributed by atoms with Crippen molar-refractivity contribution >= 4 is 5.97 Å². The maximum Gasteiger partial charge on any atom is 0.339 e. The molecule has 3 nitrogen and oxygen atoms in total. The minimum atomic E-state index is -1.18. The zero-order chi connectivity index (χ0) is 15.4. The second-order valence-corrected chi connectivity index (χ2v) is 6.61. The van der Waals surface area contributed by atoms with E-state index in [0.717, 1.165) is 12.8 Å². The summed E-state index contributed by atoms with van der Waals surface area (Å²) in [5.41, 5.74) is 0.590. The Morgan fingerprint density at radius 2 is 1.90 bits per heavy atom. The molecule has 4 atom stereocenters. The molecule has 1 fully saturated rings. The van der Waals surface area contributed by atoms with Gasteiger partial charge in [0.25, 0.3) is 0 Å². The lowest BCUT2D eigenvalue weighted by atomic mass is 9.75. The summed E-state index contributed by atoms with van der Waals surface area (Å²) in [5, 5.41) is 10.1. The summed E-state index contributed by atoms with van der Waals surface area (Å²) in [4.78, 5) is 12.2. The van der Waals surface area contributed by atoms with Crippen molar-refractivity contribution in [3.8, 4) is 0 Å². The van der Waals surface area contributed by atoms with Gasteiger partial charge in [0.2, 0.25) is 0 Å². The van der Waals surface area contributed by atoms with Gasteiger partial charge in [-0.1, -0.05) is 57.5 Å². The molecule has 0 unspecified atom stereocenters. The molecule has 0 heterocycles. The monoisotopic (exact) mass is 290 g/mol. The van der Waals surface area contributed by atoms with E-state index in [1.165, 1.54) is 6.42 Å². The predicted octanol–water partition coefficient (Wildman–Crippen LogP) is 3.72. The molecular weight excluding hydrogens is 264 g/mol. The smallest absolute Gasteiger partial charge is 0.339 e. The van der Waals surface area contributed by atoms with Gasteiger partial charge in [0.1, 0.15) is 6.10 Å². The van der Waals surface area contributed by atoms with Crippen LogP contribution in [0.5, 0.6) is 0 Å². The highest BCUT2D eigenvalue weighted by Crippen LogP contribution is 2.36. The zero-order valence-corrected chi connectivity index (χ0v) is 13.2. The SMILES string of the molecule is CC(C)[C@H]1CC[C@H](C)C[C@@H]1OC(=O)[C@H](O)c1ccccc1. The topological polar surface area (TPSA) is 46.5 Å². The van der Waals surface area contributed by atoms with E-state index >= 15 is 0 Å². The minimum absolute atomic E-state index is 0.0698. The van der Waals surface area contributed by atoms with Crippen molar-refractivity contribution in [1.29, 1.82) is 0 Å². The number of esters is 1. The Hall–Kier alpha value is -1.35. The molecule has 1 aromatic rings. The maximum absolute atomic E-state index is 12.2. The van der Waals surface area contributed by atoms with Gasteiger partial charge in [-0.05, 0) is 36.2 Å². The molecule has 1 aliphatic rings. The molecule has 0 spiro atoms. The largest absolute Gasteiger partial charge is 0.460 e. The van der Waals surface area contributed by atoms with Gasteiger partial charge in [-0.25, -0.2) is 4.79 Å². The van der Waals surface area contributed by atoms with Crippen LogP contribution in [-0.2, 0) is 9.53 Å². The molecule has 0 aromatic heterocycles. The van der Waals surface area contributed by atoms with Crippen LogP contribution in [0, 0.1) is 17.8 Å². The number of carbonyl (C=O) groups excluding carboxylic acids is 1. The van der Waals surface area contributed by atoms with Gasteiger partial charge < -0.3 is 9.84 Å².